The summed E-state index contributed by atoms with van der Waals surface area (Å²) in [4.78, 5) is 20.9. The second-order valence-corrected chi connectivity index (χ2v) is 6.43. The molecule has 2 aromatic heterocycles. The molecule has 1 aromatic carbocycles. The molecule has 3 rings (SSSR count). The Morgan fingerprint density at radius 3 is 2.55 bits per heavy atom. The van der Waals surface area contributed by atoms with E-state index in [9.17, 15) is 4.79 Å². The van der Waals surface area contributed by atoms with Gasteiger partial charge in [0.05, 0.1) is 25.0 Å². The predicted molar refractivity (Wildman–Crippen MR) is 111 cm³/mol. The summed E-state index contributed by atoms with van der Waals surface area (Å²) in [5, 5.41) is 9.21. The van der Waals surface area contributed by atoms with Crippen LogP contribution in [0.1, 0.15) is 40.4 Å². The van der Waals surface area contributed by atoms with Gasteiger partial charge in [-0.05, 0) is 50.6 Å². The van der Waals surface area contributed by atoms with Crippen LogP contribution in [-0.2, 0) is 13.1 Å². The van der Waals surface area contributed by atoms with Crippen molar-refractivity contribution in [2.75, 3.05) is 11.9 Å². The fourth-order valence-electron chi connectivity index (χ4n) is 2.58. The molecule has 0 aliphatic rings. The number of nitrogens with zero attached hydrogens (tertiary/aromatic N) is 2. The number of guanidine groups is 1. The zero-order chi connectivity index (χ0) is 20.6. The summed E-state index contributed by atoms with van der Waals surface area (Å²) in [6.07, 6.45) is 1.47. The molecular weight excluding hydrogens is 370 g/mol. The van der Waals surface area contributed by atoms with E-state index in [0.717, 1.165) is 23.6 Å². The first-order valence-corrected chi connectivity index (χ1v) is 9.44. The van der Waals surface area contributed by atoms with E-state index in [1.54, 1.807) is 12.1 Å². The molecule has 0 fully saturated rings. The standard InChI is InChI=1S/C21H25N5O3/c1-4-22-21(24-13-19-25-14(2)15(3)29-19)23-12-16-7-9-17(10-8-16)26-20(27)18-6-5-11-28-18/h5-11H,4,12-13H2,1-3H3,(H,26,27)(H2,22,23,24). The van der Waals surface area contributed by atoms with Crippen molar-refractivity contribution < 1.29 is 13.6 Å². The van der Waals surface area contributed by atoms with Crippen LogP contribution in [0.5, 0.6) is 0 Å². The van der Waals surface area contributed by atoms with Gasteiger partial charge in [-0.2, -0.15) is 0 Å². The number of nitrogens with one attached hydrogen (secondary N) is 3. The molecule has 29 heavy (non-hydrogen) atoms. The van der Waals surface area contributed by atoms with Gasteiger partial charge in [0.1, 0.15) is 5.76 Å². The average Bonchev–Trinajstić information content (AvgIpc) is 3.35. The fraction of sp³-hybridized carbons (Fsp3) is 0.286. The number of hydrogen-bond donors (Lipinski definition) is 3. The third-order valence-electron chi connectivity index (χ3n) is 4.20. The largest absolute Gasteiger partial charge is 0.459 e. The first kappa shape index (κ1) is 20.2. The van der Waals surface area contributed by atoms with E-state index in [1.165, 1.54) is 6.26 Å². The number of aromatic nitrogens is 1. The number of rotatable bonds is 7. The van der Waals surface area contributed by atoms with Crippen molar-refractivity contribution in [2.24, 2.45) is 4.99 Å². The number of aliphatic imine (C=N–C) groups is 1. The number of carbonyl (C=O) groups excluding carboxylic acids is 1. The van der Waals surface area contributed by atoms with Gasteiger partial charge in [0.15, 0.2) is 11.7 Å². The minimum atomic E-state index is -0.281. The summed E-state index contributed by atoms with van der Waals surface area (Å²) >= 11 is 0. The van der Waals surface area contributed by atoms with Crippen LogP contribution in [-0.4, -0.2) is 23.4 Å². The number of carbonyl (C=O) groups is 1. The first-order valence-electron chi connectivity index (χ1n) is 9.44. The van der Waals surface area contributed by atoms with Gasteiger partial charge in [-0.3, -0.25) is 4.79 Å². The molecule has 152 valence electrons. The molecule has 0 radical (unpaired) electrons. The molecule has 2 heterocycles. The van der Waals surface area contributed by atoms with Gasteiger partial charge in [0.2, 0.25) is 5.89 Å². The molecule has 0 unspecified atom stereocenters. The van der Waals surface area contributed by atoms with Crippen molar-refractivity contribution in [3.8, 4) is 0 Å². The van der Waals surface area contributed by atoms with Gasteiger partial charge >= 0.3 is 0 Å². The van der Waals surface area contributed by atoms with Gasteiger partial charge in [0.25, 0.3) is 5.91 Å². The van der Waals surface area contributed by atoms with E-state index < -0.39 is 0 Å². The number of furan rings is 1. The van der Waals surface area contributed by atoms with Crippen LogP contribution in [0.25, 0.3) is 0 Å². The van der Waals surface area contributed by atoms with Crippen LogP contribution in [0.2, 0.25) is 0 Å². The molecule has 8 nitrogen and oxygen atoms in total. The molecule has 0 saturated carbocycles. The Morgan fingerprint density at radius 1 is 1.14 bits per heavy atom. The molecule has 1 amide bonds. The van der Waals surface area contributed by atoms with Crippen LogP contribution >= 0.6 is 0 Å². The van der Waals surface area contributed by atoms with Gasteiger partial charge in [-0.25, -0.2) is 9.98 Å². The summed E-state index contributed by atoms with van der Waals surface area (Å²) in [5.74, 6) is 2.12. The van der Waals surface area contributed by atoms with Crippen LogP contribution in [0.3, 0.4) is 0 Å². The van der Waals surface area contributed by atoms with Crippen LogP contribution in [0.4, 0.5) is 5.69 Å². The molecule has 0 spiro atoms. The van der Waals surface area contributed by atoms with E-state index in [0.29, 0.717) is 30.6 Å². The summed E-state index contributed by atoms with van der Waals surface area (Å²) in [6, 6.07) is 10.8. The number of benzene rings is 1. The van der Waals surface area contributed by atoms with E-state index in [1.807, 2.05) is 45.0 Å². The molecule has 0 aliphatic carbocycles. The maximum absolute atomic E-state index is 12.0. The third kappa shape index (κ3) is 5.71. The lowest BCUT2D eigenvalue weighted by molar-refractivity contribution is 0.0996. The molecule has 0 aliphatic heterocycles. The lowest BCUT2D eigenvalue weighted by atomic mass is 10.2. The Labute approximate surface area is 169 Å². The normalized spacial score (nSPS) is 11.3. The predicted octanol–water partition coefficient (Wildman–Crippen LogP) is 3.39. The highest BCUT2D eigenvalue weighted by Gasteiger charge is 2.09. The number of amides is 1. The number of oxazole rings is 1. The molecule has 0 saturated heterocycles. The van der Waals surface area contributed by atoms with E-state index in [4.69, 9.17) is 8.83 Å². The Kier molecular flexibility index (Phi) is 6.67. The Balaban J connectivity index is 1.56. The molecule has 3 N–H and O–H groups in total. The van der Waals surface area contributed by atoms with E-state index in [-0.39, 0.29) is 11.7 Å². The van der Waals surface area contributed by atoms with Crippen molar-refractivity contribution >= 4 is 17.6 Å². The van der Waals surface area contributed by atoms with Crippen molar-refractivity contribution in [3.05, 3.63) is 71.3 Å². The second kappa shape index (κ2) is 9.59. The number of anilines is 1. The highest BCUT2D eigenvalue weighted by atomic mass is 16.4. The van der Waals surface area contributed by atoms with Crippen molar-refractivity contribution in [2.45, 2.75) is 33.9 Å². The van der Waals surface area contributed by atoms with Crippen LogP contribution in [0, 0.1) is 13.8 Å². The lowest BCUT2D eigenvalue weighted by Crippen LogP contribution is -2.36. The zero-order valence-corrected chi connectivity index (χ0v) is 16.8. The van der Waals surface area contributed by atoms with Gasteiger partial charge in [-0.15, -0.1) is 0 Å². The van der Waals surface area contributed by atoms with E-state index in [2.05, 4.69) is 25.9 Å². The van der Waals surface area contributed by atoms with Crippen molar-refractivity contribution in [3.63, 3.8) is 0 Å². The fourth-order valence-corrected chi connectivity index (χ4v) is 2.58. The molecular formula is C21H25N5O3. The molecule has 3 aromatic rings. The monoisotopic (exact) mass is 395 g/mol. The number of hydrogen-bond acceptors (Lipinski definition) is 5. The minimum absolute atomic E-state index is 0.275. The quantitative estimate of drug-likeness (QED) is 0.418. The van der Waals surface area contributed by atoms with Crippen molar-refractivity contribution in [1.82, 2.24) is 15.6 Å². The lowest BCUT2D eigenvalue weighted by Gasteiger charge is -2.10. The summed E-state index contributed by atoms with van der Waals surface area (Å²) in [6.45, 7) is 7.51. The molecule has 0 atom stereocenters. The SMILES string of the molecule is CCNC(=NCc1ccc(NC(=O)c2ccco2)cc1)NCc1nc(C)c(C)o1. The topological polar surface area (TPSA) is 105 Å². The van der Waals surface area contributed by atoms with Gasteiger partial charge in [-0.1, -0.05) is 12.1 Å². The maximum Gasteiger partial charge on any atom is 0.291 e. The Morgan fingerprint density at radius 2 is 1.93 bits per heavy atom. The Hall–Kier alpha value is -3.55. The van der Waals surface area contributed by atoms with Crippen LogP contribution in [0.15, 0.2) is 56.5 Å². The van der Waals surface area contributed by atoms with Crippen molar-refractivity contribution in [1.29, 1.82) is 0 Å². The second-order valence-electron chi connectivity index (χ2n) is 6.43. The summed E-state index contributed by atoms with van der Waals surface area (Å²) in [5.41, 5.74) is 2.60. The molecule has 8 heteroatoms. The number of aryl methyl sites for hydroxylation is 2. The summed E-state index contributed by atoms with van der Waals surface area (Å²) < 4.78 is 10.7. The minimum Gasteiger partial charge on any atom is -0.459 e. The average molecular weight is 395 g/mol. The summed E-state index contributed by atoms with van der Waals surface area (Å²) in [7, 11) is 0. The maximum atomic E-state index is 12.0. The highest BCUT2D eigenvalue weighted by Crippen LogP contribution is 2.12. The van der Waals surface area contributed by atoms with Crippen LogP contribution < -0.4 is 16.0 Å². The Bertz CT molecular complexity index is 939. The first-order chi connectivity index (χ1) is 14.0. The van der Waals surface area contributed by atoms with Gasteiger partial charge in [0, 0.05) is 12.2 Å². The third-order valence-corrected chi connectivity index (χ3v) is 4.20. The van der Waals surface area contributed by atoms with E-state index >= 15 is 0 Å². The van der Waals surface area contributed by atoms with Gasteiger partial charge < -0.3 is 24.8 Å². The molecule has 0 bridgehead atoms. The smallest absolute Gasteiger partial charge is 0.291 e. The zero-order valence-electron chi connectivity index (χ0n) is 16.8. The highest BCUT2D eigenvalue weighted by molar-refractivity contribution is 6.02.